The first-order valence-electron chi connectivity index (χ1n) is 4.53. The van der Waals surface area contributed by atoms with Gasteiger partial charge in [0, 0.05) is 39.0 Å². The smallest absolute Gasteiger partial charge is 0.0765 e. The Kier molecular flexibility index (Phi) is 7.75. The van der Waals surface area contributed by atoms with Gasteiger partial charge in [0.2, 0.25) is 0 Å². The van der Waals surface area contributed by atoms with E-state index >= 15 is 0 Å². The van der Waals surface area contributed by atoms with Crippen LogP contribution in [0.15, 0.2) is 0 Å². The summed E-state index contributed by atoms with van der Waals surface area (Å²) < 4.78 is 4.91. The molecule has 0 spiro atoms. The van der Waals surface area contributed by atoms with E-state index in [9.17, 15) is 5.11 Å². The fourth-order valence-corrected chi connectivity index (χ4v) is 1.29. The number of ether oxygens (including phenoxy) is 1. The molecule has 0 aromatic carbocycles. The highest BCUT2D eigenvalue weighted by Gasteiger charge is 2.18. The summed E-state index contributed by atoms with van der Waals surface area (Å²) in [6, 6.07) is 0. The molecule has 0 saturated carbocycles. The molecule has 13 heavy (non-hydrogen) atoms. The van der Waals surface area contributed by atoms with Crippen molar-refractivity contribution in [3.63, 3.8) is 0 Å². The summed E-state index contributed by atoms with van der Waals surface area (Å²) in [5.74, 6) is 1.08. The van der Waals surface area contributed by atoms with E-state index in [-0.39, 0.29) is 0 Å². The number of rotatable bonds is 8. The number of methoxy groups -OCH3 is 1. The highest BCUT2D eigenvalue weighted by atomic mass is 32.2. The van der Waals surface area contributed by atoms with Gasteiger partial charge in [0.05, 0.1) is 5.60 Å². The van der Waals surface area contributed by atoms with Gasteiger partial charge in [0.25, 0.3) is 0 Å². The van der Waals surface area contributed by atoms with Crippen molar-refractivity contribution in [3.05, 3.63) is 0 Å². The van der Waals surface area contributed by atoms with Crippen molar-refractivity contribution < 1.29 is 9.84 Å². The molecule has 0 saturated heterocycles. The molecule has 0 aromatic rings. The number of hydrogen-bond acceptors (Lipinski definition) is 4. The Bertz CT molecular complexity index is 120. The first-order chi connectivity index (χ1) is 6.12. The Morgan fingerprint density at radius 2 is 2.23 bits per heavy atom. The van der Waals surface area contributed by atoms with Crippen molar-refractivity contribution >= 4 is 11.8 Å². The summed E-state index contributed by atoms with van der Waals surface area (Å²) in [6.45, 7) is 4.02. The molecule has 80 valence electrons. The van der Waals surface area contributed by atoms with Crippen molar-refractivity contribution in [1.29, 1.82) is 0 Å². The molecule has 0 aliphatic heterocycles. The zero-order valence-electron chi connectivity index (χ0n) is 8.80. The minimum absolute atomic E-state index is 0.608. The van der Waals surface area contributed by atoms with Crippen molar-refractivity contribution in [1.82, 2.24) is 5.32 Å². The van der Waals surface area contributed by atoms with Crippen LogP contribution in [0.4, 0.5) is 0 Å². The van der Waals surface area contributed by atoms with Crippen molar-refractivity contribution in [2.45, 2.75) is 18.9 Å². The number of thioether (sulfide) groups is 1. The monoisotopic (exact) mass is 207 g/mol. The predicted octanol–water partition coefficient (Wildman–Crippen LogP) is 0.726. The lowest BCUT2D eigenvalue weighted by Gasteiger charge is -2.23. The van der Waals surface area contributed by atoms with Crippen LogP contribution in [0.25, 0.3) is 0 Å². The van der Waals surface area contributed by atoms with Gasteiger partial charge >= 0.3 is 0 Å². The zero-order chi connectivity index (χ0) is 10.2. The van der Waals surface area contributed by atoms with Crippen LogP contribution in [0.1, 0.15) is 13.3 Å². The highest BCUT2D eigenvalue weighted by molar-refractivity contribution is 7.98. The van der Waals surface area contributed by atoms with E-state index in [0.29, 0.717) is 19.6 Å². The Hall–Kier alpha value is 0.230. The van der Waals surface area contributed by atoms with E-state index in [0.717, 1.165) is 12.3 Å². The average Bonchev–Trinajstić information content (AvgIpc) is 2.09. The van der Waals surface area contributed by atoms with Gasteiger partial charge in [-0.1, -0.05) is 0 Å². The maximum Gasteiger partial charge on any atom is 0.0765 e. The standard InChI is InChI=1S/C9H21NO2S/c1-9(11,4-6-12-2)8-10-5-7-13-3/h10-11H,4-8H2,1-3H3. The lowest BCUT2D eigenvalue weighted by Crippen LogP contribution is -2.39. The quantitative estimate of drug-likeness (QED) is 0.576. The van der Waals surface area contributed by atoms with Crippen LogP contribution in [-0.2, 0) is 4.74 Å². The molecule has 2 N–H and O–H groups in total. The molecule has 0 aromatic heterocycles. The lowest BCUT2D eigenvalue weighted by molar-refractivity contribution is 0.0255. The Morgan fingerprint density at radius 3 is 2.77 bits per heavy atom. The van der Waals surface area contributed by atoms with E-state index in [4.69, 9.17) is 4.74 Å². The van der Waals surface area contributed by atoms with E-state index in [1.807, 2.05) is 6.92 Å². The van der Waals surface area contributed by atoms with Crippen LogP contribution < -0.4 is 5.32 Å². The Labute approximate surface area is 85.2 Å². The molecular formula is C9H21NO2S. The van der Waals surface area contributed by atoms with Crippen LogP contribution in [0.2, 0.25) is 0 Å². The van der Waals surface area contributed by atoms with Crippen LogP contribution in [0, 0.1) is 0 Å². The molecule has 0 aliphatic carbocycles. The highest BCUT2D eigenvalue weighted by Crippen LogP contribution is 2.07. The summed E-state index contributed by atoms with van der Waals surface area (Å²) in [5.41, 5.74) is -0.644. The third-order valence-corrected chi connectivity index (χ3v) is 2.45. The second-order valence-corrected chi connectivity index (χ2v) is 4.39. The normalized spacial score (nSPS) is 15.7. The summed E-state index contributed by atoms with van der Waals surface area (Å²) >= 11 is 1.80. The average molecular weight is 207 g/mol. The number of hydrogen-bond donors (Lipinski definition) is 2. The van der Waals surface area contributed by atoms with Gasteiger partial charge in [0.15, 0.2) is 0 Å². The lowest BCUT2D eigenvalue weighted by atomic mass is 10.0. The minimum atomic E-state index is -0.644. The van der Waals surface area contributed by atoms with Crippen LogP contribution >= 0.6 is 11.8 Å². The van der Waals surface area contributed by atoms with Gasteiger partial charge in [-0.05, 0) is 13.2 Å². The van der Waals surface area contributed by atoms with E-state index in [1.54, 1.807) is 18.9 Å². The van der Waals surface area contributed by atoms with Crippen LogP contribution in [-0.4, -0.2) is 49.5 Å². The molecule has 1 atom stereocenters. The molecular weight excluding hydrogens is 186 g/mol. The molecule has 0 bridgehead atoms. The first-order valence-corrected chi connectivity index (χ1v) is 5.93. The fourth-order valence-electron chi connectivity index (χ4n) is 0.942. The molecule has 0 rings (SSSR count). The molecule has 0 amide bonds. The Balaban J connectivity index is 3.39. The van der Waals surface area contributed by atoms with Gasteiger partial charge in [-0.2, -0.15) is 11.8 Å². The van der Waals surface area contributed by atoms with E-state index < -0.39 is 5.60 Å². The molecule has 4 heteroatoms. The van der Waals surface area contributed by atoms with Gasteiger partial charge in [-0.3, -0.25) is 0 Å². The third kappa shape index (κ3) is 8.56. The zero-order valence-corrected chi connectivity index (χ0v) is 9.62. The van der Waals surface area contributed by atoms with Gasteiger partial charge in [-0.15, -0.1) is 0 Å². The van der Waals surface area contributed by atoms with E-state index in [1.165, 1.54) is 0 Å². The molecule has 0 aliphatic rings. The molecule has 3 nitrogen and oxygen atoms in total. The molecule has 0 radical (unpaired) electrons. The number of aliphatic hydroxyl groups is 1. The summed E-state index contributed by atoms with van der Waals surface area (Å²) in [5, 5.41) is 13.0. The SMILES string of the molecule is COCCC(C)(O)CNCCSC. The van der Waals surface area contributed by atoms with Crippen LogP contribution in [0.3, 0.4) is 0 Å². The van der Waals surface area contributed by atoms with Crippen LogP contribution in [0.5, 0.6) is 0 Å². The van der Waals surface area contributed by atoms with Gasteiger partial charge in [0.1, 0.15) is 0 Å². The van der Waals surface area contributed by atoms with E-state index in [2.05, 4.69) is 11.6 Å². The summed E-state index contributed by atoms with van der Waals surface area (Å²) in [4.78, 5) is 0. The minimum Gasteiger partial charge on any atom is -0.389 e. The second-order valence-electron chi connectivity index (χ2n) is 3.41. The van der Waals surface area contributed by atoms with Crippen molar-refractivity contribution in [2.75, 3.05) is 38.8 Å². The maximum absolute atomic E-state index is 9.80. The van der Waals surface area contributed by atoms with Crippen molar-refractivity contribution in [3.8, 4) is 0 Å². The third-order valence-electron chi connectivity index (χ3n) is 1.83. The molecule has 0 fully saturated rings. The molecule has 1 unspecified atom stereocenters. The first kappa shape index (κ1) is 13.2. The van der Waals surface area contributed by atoms with Crippen molar-refractivity contribution in [2.24, 2.45) is 0 Å². The maximum atomic E-state index is 9.80. The van der Waals surface area contributed by atoms with Gasteiger partial charge < -0.3 is 15.2 Å². The number of nitrogens with one attached hydrogen (secondary N) is 1. The topological polar surface area (TPSA) is 41.5 Å². The summed E-state index contributed by atoms with van der Waals surface area (Å²) in [6.07, 6.45) is 2.75. The predicted molar refractivity (Wildman–Crippen MR) is 58.4 cm³/mol. The van der Waals surface area contributed by atoms with Gasteiger partial charge in [-0.25, -0.2) is 0 Å². The molecule has 0 heterocycles. The Morgan fingerprint density at radius 1 is 1.54 bits per heavy atom. The largest absolute Gasteiger partial charge is 0.389 e. The second kappa shape index (κ2) is 7.62. The fraction of sp³-hybridized carbons (Fsp3) is 1.00. The summed E-state index contributed by atoms with van der Waals surface area (Å²) in [7, 11) is 1.65.